The molecule has 1 rings (SSSR count). The van der Waals surface area contributed by atoms with E-state index >= 15 is 0 Å². The third-order valence-electron chi connectivity index (χ3n) is 1.72. The lowest BCUT2D eigenvalue weighted by molar-refractivity contribution is 0.198. The highest BCUT2D eigenvalue weighted by Crippen LogP contribution is 2.11. The van der Waals surface area contributed by atoms with Crippen molar-refractivity contribution in [2.45, 2.75) is 4.90 Å². The summed E-state index contributed by atoms with van der Waals surface area (Å²) in [6.07, 6.45) is 0. The van der Waals surface area contributed by atoms with E-state index in [0.29, 0.717) is 13.2 Å². The molecule has 0 fully saturated rings. The van der Waals surface area contributed by atoms with Crippen molar-refractivity contribution in [1.29, 1.82) is 0 Å². The predicted molar refractivity (Wildman–Crippen MR) is 62.6 cm³/mol. The molecular weight excluding hydrogens is 212 g/mol. The third-order valence-corrected chi connectivity index (χ3v) is 2.02. The van der Waals surface area contributed by atoms with Gasteiger partial charge in [-0.2, -0.15) is 0 Å². The quantitative estimate of drug-likeness (QED) is 0.541. The molecule has 82 valence electrons. The Kier molecular flexibility index (Phi) is 5.00. The molecule has 4 nitrogen and oxygen atoms in total. The zero-order chi connectivity index (χ0) is 11.1. The van der Waals surface area contributed by atoms with E-state index in [2.05, 4.69) is 23.3 Å². The maximum Gasteiger partial charge on any atom is 0.319 e. The highest BCUT2D eigenvalue weighted by atomic mass is 32.1. The number of nitrogens with one attached hydrogen (secondary N) is 2. The average Bonchev–Trinajstić information content (AvgIpc) is 2.22. The zero-order valence-corrected chi connectivity index (χ0v) is 9.38. The van der Waals surface area contributed by atoms with E-state index in [4.69, 9.17) is 4.74 Å². The van der Waals surface area contributed by atoms with Gasteiger partial charge in [-0.15, -0.1) is 12.6 Å². The summed E-state index contributed by atoms with van der Waals surface area (Å²) in [5.41, 5.74) is 0.739. The molecule has 0 bridgehead atoms. The summed E-state index contributed by atoms with van der Waals surface area (Å²) in [5, 5.41) is 5.34. The van der Waals surface area contributed by atoms with Gasteiger partial charge in [-0.05, 0) is 24.3 Å². The number of anilines is 1. The summed E-state index contributed by atoms with van der Waals surface area (Å²) in [6.45, 7) is 0.996. The lowest BCUT2D eigenvalue weighted by atomic mass is 10.3. The predicted octanol–water partition coefficient (Wildman–Crippen LogP) is 1.74. The topological polar surface area (TPSA) is 50.4 Å². The summed E-state index contributed by atoms with van der Waals surface area (Å²) >= 11 is 4.15. The van der Waals surface area contributed by atoms with Crippen molar-refractivity contribution < 1.29 is 9.53 Å². The highest BCUT2D eigenvalue weighted by Gasteiger charge is 1.99. The van der Waals surface area contributed by atoms with Crippen molar-refractivity contribution >= 4 is 24.3 Å². The number of hydrogen-bond acceptors (Lipinski definition) is 3. The summed E-state index contributed by atoms with van der Waals surface area (Å²) in [6, 6.07) is 6.97. The SMILES string of the molecule is COCCNC(=O)Nc1ccc(S)cc1. The molecule has 0 saturated carbocycles. The smallest absolute Gasteiger partial charge is 0.319 e. The molecule has 0 aliphatic rings. The van der Waals surface area contributed by atoms with E-state index < -0.39 is 0 Å². The van der Waals surface area contributed by atoms with Crippen LogP contribution in [0.2, 0.25) is 0 Å². The van der Waals surface area contributed by atoms with Crippen molar-refractivity contribution in [3.05, 3.63) is 24.3 Å². The van der Waals surface area contributed by atoms with Crippen LogP contribution in [0.15, 0.2) is 29.2 Å². The van der Waals surface area contributed by atoms with Crippen molar-refractivity contribution in [2.24, 2.45) is 0 Å². The number of benzene rings is 1. The van der Waals surface area contributed by atoms with Gasteiger partial charge in [0.2, 0.25) is 0 Å². The Labute approximate surface area is 94.4 Å². The minimum absolute atomic E-state index is 0.237. The van der Waals surface area contributed by atoms with Crippen molar-refractivity contribution in [2.75, 3.05) is 25.6 Å². The largest absolute Gasteiger partial charge is 0.383 e. The lowest BCUT2D eigenvalue weighted by Crippen LogP contribution is -2.31. The zero-order valence-electron chi connectivity index (χ0n) is 8.49. The molecule has 0 saturated heterocycles. The number of ether oxygens (including phenoxy) is 1. The third kappa shape index (κ3) is 4.71. The van der Waals surface area contributed by atoms with Crippen LogP contribution in [0.25, 0.3) is 0 Å². The Hall–Kier alpha value is -1.20. The van der Waals surface area contributed by atoms with Crippen molar-refractivity contribution in [3.63, 3.8) is 0 Å². The van der Waals surface area contributed by atoms with Gasteiger partial charge in [-0.1, -0.05) is 0 Å². The molecule has 0 unspecified atom stereocenters. The van der Waals surface area contributed by atoms with Crippen LogP contribution in [0, 0.1) is 0 Å². The first-order valence-electron chi connectivity index (χ1n) is 4.55. The Morgan fingerprint density at radius 1 is 1.40 bits per heavy atom. The molecular formula is C10H14N2O2S. The standard InChI is InChI=1S/C10H14N2O2S/c1-14-7-6-11-10(13)12-8-2-4-9(15)5-3-8/h2-5,15H,6-7H2,1H3,(H2,11,12,13). The number of hydrogen-bond donors (Lipinski definition) is 3. The number of urea groups is 1. The van der Waals surface area contributed by atoms with Gasteiger partial charge in [0.15, 0.2) is 0 Å². The molecule has 2 N–H and O–H groups in total. The molecule has 0 atom stereocenters. The highest BCUT2D eigenvalue weighted by molar-refractivity contribution is 7.80. The molecule has 0 heterocycles. The number of carbonyl (C=O) groups excluding carboxylic acids is 1. The Balaban J connectivity index is 2.34. The molecule has 0 radical (unpaired) electrons. The van der Waals surface area contributed by atoms with Crippen LogP contribution in [-0.4, -0.2) is 26.3 Å². The van der Waals surface area contributed by atoms with Crippen LogP contribution in [0.5, 0.6) is 0 Å². The second-order valence-electron chi connectivity index (χ2n) is 2.92. The van der Waals surface area contributed by atoms with Crippen molar-refractivity contribution in [3.8, 4) is 0 Å². The maximum atomic E-state index is 11.3. The van der Waals surface area contributed by atoms with Gasteiger partial charge in [0.25, 0.3) is 0 Å². The van der Waals surface area contributed by atoms with E-state index in [1.54, 1.807) is 19.2 Å². The van der Waals surface area contributed by atoms with Gasteiger partial charge in [0.05, 0.1) is 6.61 Å². The number of carbonyl (C=O) groups is 1. The van der Waals surface area contributed by atoms with Gasteiger partial charge in [-0.3, -0.25) is 0 Å². The molecule has 1 aromatic rings. The summed E-state index contributed by atoms with van der Waals surface area (Å²) in [7, 11) is 1.59. The van der Waals surface area contributed by atoms with Gasteiger partial charge >= 0.3 is 6.03 Å². The fourth-order valence-electron chi connectivity index (χ4n) is 0.987. The fraction of sp³-hybridized carbons (Fsp3) is 0.300. The lowest BCUT2D eigenvalue weighted by Gasteiger charge is -2.06. The molecule has 0 aromatic heterocycles. The van der Waals surface area contributed by atoms with Crippen LogP contribution in [0.4, 0.5) is 10.5 Å². The Bertz CT molecular complexity index is 314. The summed E-state index contributed by atoms with van der Waals surface area (Å²) < 4.78 is 4.81. The second kappa shape index (κ2) is 6.31. The normalized spacial score (nSPS) is 9.73. The minimum Gasteiger partial charge on any atom is -0.383 e. The van der Waals surface area contributed by atoms with Crippen LogP contribution in [0.1, 0.15) is 0 Å². The monoisotopic (exact) mass is 226 g/mol. The summed E-state index contributed by atoms with van der Waals surface area (Å²) in [5.74, 6) is 0. The molecule has 15 heavy (non-hydrogen) atoms. The molecule has 0 aliphatic carbocycles. The molecule has 1 aromatic carbocycles. The van der Waals surface area contributed by atoms with Crippen LogP contribution >= 0.6 is 12.6 Å². The van der Waals surface area contributed by atoms with E-state index in [1.807, 2.05) is 12.1 Å². The number of thiol groups is 1. The Morgan fingerprint density at radius 2 is 2.07 bits per heavy atom. The molecule has 5 heteroatoms. The molecule has 0 aliphatic heterocycles. The minimum atomic E-state index is -0.237. The second-order valence-corrected chi connectivity index (χ2v) is 3.44. The van der Waals surface area contributed by atoms with Crippen LogP contribution < -0.4 is 10.6 Å². The van der Waals surface area contributed by atoms with E-state index in [0.717, 1.165) is 10.6 Å². The van der Waals surface area contributed by atoms with Gasteiger partial charge < -0.3 is 15.4 Å². The van der Waals surface area contributed by atoms with E-state index in [1.165, 1.54) is 0 Å². The number of amides is 2. The Morgan fingerprint density at radius 3 is 2.67 bits per heavy atom. The number of rotatable bonds is 4. The first-order chi connectivity index (χ1) is 7.22. The van der Waals surface area contributed by atoms with Crippen LogP contribution in [0.3, 0.4) is 0 Å². The van der Waals surface area contributed by atoms with Gasteiger partial charge in [0.1, 0.15) is 0 Å². The summed E-state index contributed by atoms with van der Waals surface area (Å²) in [4.78, 5) is 12.1. The maximum absolute atomic E-state index is 11.3. The molecule has 0 spiro atoms. The van der Waals surface area contributed by atoms with Gasteiger partial charge in [0, 0.05) is 24.2 Å². The average molecular weight is 226 g/mol. The van der Waals surface area contributed by atoms with Gasteiger partial charge in [-0.25, -0.2) is 4.79 Å². The van der Waals surface area contributed by atoms with Crippen LogP contribution in [-0.2, 0) is 4.74 Å². The van der Waals surface area contributed by atoms with Crippen molar-refractivity contribution in [1.82, 2.24) is 5.32 Å². The van der Waals surface area contributed by atoms with E-state index in [9.17, 15) is 4.79 Å². The number of methoxy groups -OCH3 is 1. The fourth-order valence-corrected chi connectivity index (χ4v) is 1.14. The van der Waals surface area contributed by atoms with E-state index in [-0.39, 0.29) is 6.03 Å². The first-order valence-corrected chi connectivity index (χ1v) is 5.00. The first kappa shape index (κ1) is 11.9. The molecule has 2 amide bonds.